The van der Waals surface area contributed by atoms with Crippen LogP contribution in [0.2, 0.25) is 0 Å². The Hall–Kier alpha value is -3.29. The molecule has 1 aromatic heterocycles. The fraction of sp³-hybridized carbons (Fsp3) is 0.111. The number of benzene rings is 2. The van der Waals surface area contributed by atoms with Gasteiger partial charge < -0.3 is 14.6 Å². The third-order valence-electron chi connectivity index (χ3n) is 3.42. The quantitative estimate of drug-likeness (QED) is 0.725. The lowest BCUT2D eigenvalue weighted by atomic mass is 10.1. The summed E-state index contributed by atoms with van der Waals surface area (Å²) >= 11 is 0. The maximum atomic E-state index is 13.0. The Morgan fingerprint density at radius 1 is 1.08 bits per heavy atom. The second-order valence-electron chi connectivity index (χ2n) is 5.30. The maximum absolute atomic E-state index is 13.0. The van der Waals surface area contributed by atoms with Gasteiger partial charge in [0.1, 0.15) is 6.61 Å². The van der Waals surface area contributed by atoms with Crippen molar-refractivity contribution in [1.29, 1.82) is 0 Å². The summed E-state index contributed by atoms with van der Waals surface area (Å²) < 4.78 is 49.1. The van der Waals surface area contributed by atoms with E-state index in [1.165, 1.54) is 18.2 Å². The molecule has 0 spiro atoms. The number of alkyl halides is 3. The van der Waals surface area contributed by atoms with E-state index in [1.807, 2.05) is 30.3 Å². The van der Waals surface area contributed by atoms with Gasteiger partial charge >= 0.3 is 6.18 Å². The zero-order valence-electron chi connectivity index (χ0n) is 13.3. The minimum Gasteiger partial charge on any atom is -0.471 e. The molecule has 0 aliphatic carbocycles. The highest BCUT2D eigenvalue weighted by Gasteiger charge is 2.33. The molecule has 26 heavy (non-hydrogen) atoms. The van der Waals surface area contributed by atoms with Gasteiger partial charge in [0.05, 0.1) is 17.3 Å². The summed E-state index contributed by atoms with van der Waals surface area (Å²) in [4.78, 5) is 12.1. The van der Waals surface area contributed by atoms with Gasteiger partial charge in [0, 0.05) is 0 Å². The molecule has 0 fully saturated rings. The minimum atomic E-state index is -4.59. The lowest BCUT2D eigenvalue weighted by Crippen LogP contribution is -2.16. The Balaban J connectivity index is 1.67. The summed E-state index contributed by atoms with van der Waals surface area (Å²) in [5.74, 6) is -1.06. The molecule has 1 heterocycles. The number of nitrogens with zero attached hydrogens (tertiary/aromatic N) is 1. The number of hydrogen-bond acceptors (Lipinski definition) is 4. The number of para-hydroxylation sites is 1. The first-order valence-electron chi connectivity index (χ1n) is 7.54. The van der Waals surface area contributed by atoms with Crippen molar-refractivity contribution in [3.63, 3.8) is 0 Å². The minimum absolute atomic E-state index is 0.0584. The van der Waals surface area contributed by atoms with Crippen LogP contribution in [0, 0.1) is 0 Å². The molecular formula is C18H13F3N2O3. The van der Waals surface area contributed by atoms with Crippen molar-refractivity contribution in [3.8, 4) is 5.88 Å². The zero-order chi connectivity index (χ0) is 18.6. The standard InChI is InChI=1S/C18H13F3N2O3/c19-18(20,21)13-8-4-5-9-14(13)22-17(24)15-10-16(23-26-15)25-11-12-6-2-1-3-7-12/h1-10H,11H2,(H,22,24). The second kappa shape index (κ2) is 7.30. The van der Waals surface area contributed by atoms with E-state index >= 15 is 0 Å². The molecular weight excluding hydrogens is 349 g/mol. The van der Waals surface area contributed by atoms with Crippen molar-refractivity contribution in [2.24, 2.45) is 0 Å². The Morgan fingerprint density at radius 3 is 2.50 bits per heavy atom. The summed E-state index contributed by atoms with van der Waals surface area (Å²) in [6.07, 6.45) is -4.59. The van der Waals surface area contributed by atoms with Crippen LogP contribution >= 0.6 is 0 Å². The highest BCUT2D eigenvalue weighted by Crippen LogP contribution is 2.34. The number of amides is 1. The van der Waals surface area contributed by atoms with Crippen LogP contribution in [0.15, 0.2) is 65.2 Å². The molecule has 0 unspecified atom stereocenters. The molecule has 3 aromatic rings. The number of ether oxygens (including phenoxy) is 1. The van der Waals surface area contributed by atoms with Crippen LogP contribution in [-0.4, -0.2) is 11.1 Å². The topological polar surface area (TPSA) is 64.4 Å². The van der Waals surface area contributed by atoms with Gasteiger partial charge in [-0.2, -0.15) is 13.2 Å². The van der Waals surface area contributed by atoms with Gasteiger partial charge in [0.25, 0.3) is 11.8 Å². The van der Waals surface area contributed by atoms with Crippen molar-refractivity contribution in [2.75, 3.05) is 5.32 Å². The predicted octanol–water partition coefficient (Wildman–Crippen LogP) is 4.52. The SMILES string of the molecule is O=C(Nc1ccccc1C(F)(F)F)c1cc(OCc2ccccc2)no1. The number of hydrogen-bond donors (Lipinski definition) is 1. The van der Waals surface area contributed by atoms with Crippen molar-refractivity contribution >= 4 is 11.6 Å². The van der Waals surface area contributed by atoms with Gasteiger partial charge in [-0.1, -0.05) is 42.5 Å². The summed E-state index contributed by atoms with van der Waals surface area (Å²) in [5, 5.41) is 5.76. The highest BCUT2D eigenvalue weighted by atomic mass is 19.4. The Labute approximate surface area is 146 Å². The predicted molar refractivity (Wildman–Crippen MR) is 86.7 cm³/mol. The number of nitrogens with one attached hydrogen (secondary N) is 1. The van der Waals surface area contributed by atoms with Crippen molar-refractivity contribution in [3.05, 3.63) is 77.6 Å². The van der Waals surface area contributed by atoms with Gasteiger partial charge in [-0.3, -0.25) is 4.79 Å². The van der Waals surface area contributed by atoms with Gasteiger partial charge in [-0.25, -0.2) is 0 Å². The summed E-state index contributed by atoms with van der Waals surface area (Å²) in [6, 6.07) is 15.1. The third-order valence-corrected chi connectivity index (χ3v) is 3.42. The third kappa shape index (κ3) is 4.21. The molecule has 0 atom stereocenters. The van der Waals surface area contributed by atoms with E-state index in [9.17, 15) is 18.0 Å². The first kappa shape index (κ1) is 17.5. The fourth-order valence-corrected chi connectivity index (χ4v) is 2.19. The van der Waals surface area contributed by atoms with Gasteiger partial charge in [-0.05, 0) is 22.9 Å². The van der Waals surface area contributed by atoms with Crippen LogP contribution < -0.4 is 10.1 Å². The molecule has 3 rings (SSSR count). The molecule has 134 valence electrons. The zero-order valence-corrected chi connectivity index (χ0v) is 13.3. The second-order valence-corrected chi connectivity index (χ2v) is 5.30. The summed E-state index contributed by atoms with van der Waals surface area (Å²) in [5.41, 5.74) is -0.429. The Morgan fingerprint density at radius 2 is 1.77 bits per heavy atom. The Kier molecular flexibility index (Phi) is 4.92. The average Bonchev–Trinajstić information content (AvgIpc) is 3.10. The van der Waals surface area contributed by atoms with E-state index in [-0.39, 0.29) is 23.9 Å². The molecule has 1 N–H and O–H groups in total. The lowest BCUT2D eigenvalue weighted by Gasteiger charge is -2.12. The molecule has 0 aliphatic rings. The van der Waals surface area contributed by atoms with Crippen molar-refractivity contribution in [2.45, 2.75) is 12.8 Å². The monoisotopic (exact) mass is 362 g/mol. The molecule has 0 bridgehead atoms. The molecule has 0 aliphatic heterocycles. The van der Waals surface area contributed by atoms with Crippen molar-refractivity contribution < 1.29 is 27.2 Å². The van der Waals surface area contributed by atoms with Crippen LogP contribution in [0.1, 0.15) is 21.7 Å². The molecule has 1 amide bonds. The normalized spacial score (nSPS) is 11.2. The van der Waals surface area contributed by atoms with Crippen LogP contribution in [0.5, 0.6) is 5.88 Å². The maximum Gasteiger partial charge on any atom is 0.418 e. The first-order valence-corrected chi connectivity index (χ1v) is 7.54. The van der Waals surface area contributed by atoms with Crippen LogP contribution in [-0.2, 0) is 12.8 Å². The molecule has 0 radical (unpaired) electrons. The van der Waals surface area contributed by atoms with E-state index in [1.54, 1.807) is 0 Å². The average molecular weight is 362 g/mol. The van der Waals surface area contributed by atoms with Gasteiger partial charge in [0.2, 0.25) is 5.76 Å². The molecule has 2 aromatic carbocycles. The van der Waals surface area contributed by atoms with E-state index in [0.717, 1.165) is 17.7 Å². The van der Waals surface area contributed by atoms with Crippen LogP contribution in [0.4, 0.5) is 18.9 Å². The molecule has 5 nitrogen and oxygen atoms in total. The number of halogens is 3. The lowest BCUT2D eigenvalue weighted by molar-refractivity contribution is -0.136. The molecule has 8 heteroatoms. The van der Waals surface area contributed by atoms with Gasteiger partial charge in [0.15, 0.2) is 0 Å². The smallest absolute Gasteiger partial charge is 0.418 e. The van der Waals surface area contributed by atoms with E-state index < -0.39 is 17.6 Å². The molecule has 0 saturated carbocycles. The van der Waals surface area contributed by atoms with E-state index in [4.69, 9.17) is 9.26 Å². The van der Waals surface area contributed by atoms with E-state index in [2.05, 4.69) is 10.5 Å². The van der Waals surface area contributed by atoms with Crippen LogP contribution in [0.3, 0.4) is 0 Å². The Bertz CT molecular complexity index is 892. The van der Waals surface area contributed by atoms with Gasteiger partial charge in [-0.15, -0.1) is 0 Å². The number of anilines is 1. The number of carbonyl (C=O) groups excluding carboxylic acids is 1. The molecule has 0 saturated heterocycles. The van der Waals surface area contributed by atoms with Crippen LogP contribution in [0.25, 0.3) is 0 Å². The largest absolute Gasteiger partial charge is 0.471 e. The number of carbonyl (C=O) groups is 1. The number of rotatable bonds is 5. The van der Waals surface area contributed by atoms with E-state index in [0.29, 0.717) is 0 Å². The number of aromatic nitrogens is 1. The summed E-state index contributed by atoms with van der Waals surface area (Å²) in [7, 11) is 0. The summed E-state index contributed by atoms with van der Waals surface area (Å²) in [6.45, 7) is 0.214. The van der Waals surface area contributed by atoms with Crippen molar-refractivity contribution in [1.82, 2.24) is 5.16 Å². The highest BCUT2D eigenvalue weighted by molar-refractivity contribution is 6.02. The fourth-order valence-electron chi connectivity index (χ4n) is 2.19. The first-order chi connectivity index (χ1) is 12.4.